The molecule has 1 aromatic rings. The van der Waals surface area contributed by atoms with Gasteiger partial charge in [0.1, 0.15) is 0 Å². The Hall–Kier alpha value is -1.40. The predicted octanol–water partition coefficient (Wildman–Crippen LogP) is 2.50. The Morgan fingerprint density at radius 3 is 2.73 bits per heavy atom. The van der Waals surface area contributed by atoms with Crippen LogP contribution in [0.1, 0.15) is 25.7 Å². The van der Waals surface area contributed by atoms with E-state index in [4.69, 9.17) is 4.74 Å². The quantitative estimate of drug-likeness (QED) is 0.898. The van der Waals surface area contributed by atoms with Crippen LogP contribution in [0.25, 0.3) is 0 Å². The van der Waals surface area contributed by atoms with Crippen molar-refractivity contribution < 1.29 is 13.7 Å². The smallest absolute Gasteiger partial charge is 0.319 e. The van der Waals surface area contributed by atoms with Gasteiger partial charge in [0.05, 0.1) is 6.10 Å². The number of fused-ring (bicyclic) bond motifs is 1. The SMILES string of the molecule is CS(=O)c1ccc(NC(=O)NC2CCCC3OCCC23)cc1. The summed E-state index contributed by atoms with van der Waals surface area (Å²) in [5, 5.41) is 5.93. The zero-order chi connectivity index (χ0) is 15.5. The summed E-state index contributed by atoms with van der Waals surface area (Å²) in [6.45, 7) is 0.810. The van der Waals surface area contributed by atoms with Crippen LogP contribution in [0.4, 0.5) is 10.5 Å². The van der Waals surface area contributed by atoms with Crippen molar-refractivity contribution in [2.24, 2.45) is 5.92 Å². The third-order valence-corrected chi connectivity index (χ3v) is 5.48. The van der Waals surface area contributed by atoms with E-state index in [1.165, 1.54) is 0 Å². The van der Waals surface area contributed by atoms with Crippen molar-refractivity contribution in [3.8, 4) is 0 Å². The molecule has 2 N–H and O–H groups in total. The Morgan fingerprint density at radius 2 is 2.00 bits per heavy atom. The van der Waals surface area contributed by atoms with Crippen LogP contribution in [0.2, 0.25) is 0 Å². The van der Waals surface area contributed by atoms with E-state index >= 15 is 0 Å². The maximum Gasteiger partial charge on any atom is 0.319 e. The van der Waals surface area contributed by atoms with Crippen LogP contribution in [-0.4, -0.2) is 35.2 Å². The Labute approximate surface area is 133 Å². The van der Waals surface area contributed by atoms with E-state index < -0.39 is 10.8 Å². The van der Waals surface area contributed by atoms with Crippen LogP contribution in [-0.2, 0) is 15.5 Å². The molecule has 3 rings (SSSR count). The number of carbonyl (C=O) groups excluding carboxylic acids is 1. The molecular weight excluding hydrogens is 300 g/mol. The van der Waals surface area contributed by atoms with Gasteiger partial charge < -0.3 is 15.4 Å². The monoisotopic (exact) mass is 322 g/mol. The first-order chi connectivity index (χ1) is 10.6. The number of hydrogen-bond donors (Lipinski definition) is 2. The number of ether oxygens (including phenoxy) is 1. The van der Waals surface area contributed by atoms with Crippen LogP contribution in [0.3, 0.4) is 0 Å². The standard InChI is InChI=1S/C16H22N2O3S/c1-22(20)12-7-5-11(6-8-12)17-16(19)18-14-3-2-4-15-13(14)9-10-21-15/h5-8,13-15H,2-4,9-10H2,1H3,(H2,17,18,19). The highest BCUT2D eigenvalue weighted by atomic mass is 32.2. The molecule has 5 nitrogen and oxygen atoms in total. The van der Waals surface area contributed by atoms with E-state index in [0.29, 0.717) is 17.7 Å². The maximum absolute atomic E-state index is 12.2. The first-order valence-electron chi connectivity index (χ1n) is 7.76. The van der Waals surface area contributed by atoms with Gasteiger partial charge in [0.15, 0.2) is 0 Å². The summed E-state index contributed by atoms with van der Waals surface area (Å²) in [6, 6.07) is 7.11. The molecule has 1 aliphatic heterocycles. The number of anilines is 1. The van der Waals surface area contributed by atoms with E-state index in [2.05, 4.69) is 10.6 Å². The van der Waals surface area contributed by atoms with E-state index in [-0.39, 0.29) is 12.1 Å². The minimum absolute atomic E-state index is 0.178. The molecule has 1 aliphatic carbocycles. The number of hydrogen-bond acceptors (Lipinski definition) is 3. The predicted molar refractivity (Wildman–Crippen MR) is 86.4 cm³/mol. The molecule has 4 unspecified atom stereocenters. The van der Waals surface area contributed by atoms with Crippen molar-refractivity contribution >= 4 is 22.5 Å². The molecule has 2 amide bonds. The lowest BCUT2D eigenvalue weighted by molar-refractivity contribution is 0.0553. The second-order valence-corrected chi connectivity index (χ2v) is 7.36. The Balaban J connectivity index is 1.56. The Kier molecular flexibility index (Phi) is 4.78. The fraction of sp³-hybridized carbons (Fsp3) is 0.562. The molecule has 2 fully saturated rings. The van der Waals surface area contributed by atoms with Gasteiger partial charge in [0.2, 0.25) is 0 Å². The van der Waals surface area contributed by atoms with Crippen LogP contribution >= 0.6 is 0 Å². The van der Waals surface area contributed by atoms with Gasteiger partial charge in [-0.25, -0.2) is 4.79 Å². The molecule has 0 aromatic heterocycles. The number of benzene rings is 1. The average Bonchev–Trinajstić information content (AvgIpc) is 2.97. The highest BCUT2D eigenvalue weighted by Crippen LogP contribution is 2.34. The fourth-order valence-corrected chi connectivity index (χ4v) is 3.94. The van der Waals surface area contributed by atoms with Crippen molar-refractivity contribution in [1.82, 2.24) is 5.32 Å². The van der Waals surface area contributed by atoms with E-state index in [0.717, 1.165) is 37.2 Å². The maximum atomic E-state index is 12.2. The van der Waals surface area contributed by atoms with Gasteiger partial charge in [-0.2, -0.15) is 0 Å². The Morgan fingerprint density at radius 1 is 1.23 bits per heavy atom. The lowest BCUT2D eigenvalue weighted by atomic mass is 9.82. The average molecular weight is 322 g/mol. The lowest BCUT2D eigenvalue weighted by Gasteiger charge is -2.33. The molecule has 1 aromatic carbocycles. The zero-order valence-corrected chi connectivity index (χ0v) is 13.5. The molecule has 22 heavy (non-hydrogen) atoms. The molecule has 0 radical (unpaired) electrons. The summed E-state index contributed by atoms with van der Waals surface area (Å²) in [5.41, 5.74) is 0.710. The highest BCUT2D eigenvalue weighted by Gasteiger charge is 2.38. The third kappa shape index (κ3) is 3.50. The number of nitrogens with one attached hydrogen (secondary N) is 2. The second-order valence-electron chi connectivity index (χ2n) is 5.98. The summed E-state index contributed by atoms with van der Waals surface area (Å²) in [6.07, 6.45) is 6.22. The largest absolute Gasteiger partial charge is 0.378 e. The second kappa shape index (κ2) is 6.79. The van der Waals surface area contributed by atoms with Crippen molar-refractivity contribution in [1.29, 1.82) is 0 Å². The van der Waals surface area contributed by atoms with Crippen LogP contribution < -0.4 is 10.6 Å². The van der Waals surface area contributed by atoms with E-state index in [1.807, 2.05) is 0 Å². The molecule has 6 heteroatoms. The number of urea groups is 1. The molecule has 2 aliphatic rings. The van der Waals surface area contributed by atoms with Gasteiger partial charge in [-0.1, -0.05) is 0 Å². The molecular formula is C16H22N2O3S. The van der Waals surface area contributed by atoms with Gasteiger partial charge in [0, 0.05) is 46.2 Å². The molecule has 120 valence electrons. The van der Waals surface area contributed by atoms with Crippen molar-refractivity contribution in [2.45, 2.75) is 42.7 Å². The van der Waals surface area contributed by atoms with Crippen molar-refractivity contribution in [2.75, 3.05) is 18.2 Å². The van der Waals surface area contributed by atoms with E-state index in [9.17, 15) is 9.00 Å². The van der Waals surface area contributed by atoms with Gasteiger partial charge >= 0.3 is 6.03 Å². The first-order valence-corrected chi connectivity index (χ1v) is 9.32. The third-order valence-electron chi connectivity index (χ3n) is 4.54. The van der Waals surface area contributed by atoms with Gasteiger partial charge in [-0.15, -0.1) is 0 Å². The van der Waals surface area contributed by atoms with Crippen molar-refractivity contribution in [3.05, 3.63) is 24.3 Å². The van der Waals surface area contributed by atoms with Crippen LogP contribution in [0.5, 0.6) is 0 Å². The van der Waals surface area contributed by atoms with E-state index in [1.54, 1.807) is 30.5 Å². The molecule has 4 atom stereocenters. The minimum Gasteiger partial charge on any atom is -0.378 e. The van der Waals surface area contributed by atoms with Crippen LogP contribution in [0.15, 0.2) is 29.2 Å². The van der Waals surface area contributed by atoms with Gasteiger partial charge in [-0.3, -0.25) is 4.21 Å². The topological polar surface area (TPSA) is 67.4 Å². The molecule has 0 bridgehead atoms. The minimum atomic E-state index is -1.00. The number of carbonyl (C=O) groups is 1. The summed E-state index contributed by atoms with van der Waals surface area (Å²) < 4.78 is 17.1. The molecule has 0 spiro atoms. The Bertz CT molecular complexity index is 561. The molecule has 1 heterocycles. The first kappa shape index (κ1) is 15.5. The summed E-state index contributed by atoms with van der Waals surface area (Å²) in [5.74, 6) is 0.449. The highest BCUT2D eigenvalue weighted by molar-refractivity contribution is 7.84. The summed E-state index contributed by atoms with van der Waals surface area (Å²) in [7, 11) is -1.00. The molecule has 1 saturated heterocycles. The van der Waals surface area contributed by atoms with Crippen molar-refractivity contribution in [3.63, 3.8) is 0 Å². The summed E-state index contributed by atoms with van der Waals surface area (Å²) >= 11 is 0. The zero-order valence-electron chi connectivity index (χ0n) is 12.7. The van der Waals surface area contributed by atoms with Gasteiger partial charge in [0.25, 0.3) is 0 Å². The fourth-order valence-electron chi connectivity index (χ4n) is 3.42. The number of rotatable bonds is 3. The van der Waals surface area contributed by atoms with Crippen LogP contribution in [0, 0.1) is 5.92 Å². The lowest BCUT2D eigenvalue weighted by Crippen LogP contribution is -2.47. The summed E-state index contributed by atoms with van der Waals surface area (Å²) in [4.78, 5) is 12.9. The molecule has 1 saturated carbocycles. The van der Waals surface area contributed by atoms with Gasteiger partial charge in [-0.05, 0) is 49.9 Å². The number of amides is 2. The normalized spacial score (nSPS) is 28.7.